The van der Waals surface area contributed by atoms with Crippen LogP contribution in [0.3, 0.4) is 0 Å². The Morgan fingerprint density at radius 2 is 0.480 bits per heavy atom. The molecular formula is C69H130O6. The second-order valence-electron chi connectivity index (χ2n) is 23.1. The average molecular weight is 1060 g/mol. The number of allylic oxidation sites excluding steroid dienone is 4. The molecule has 0 unspecified atom stereocenters. The summed E-state index contributed by atoms with van der Waals surface area (Å²) in [6, 6.07) is 0. The van der Waals surface area contributed by atoms with Gasteiger partial charge in [0.2, 0.25) is 0 Å². The number of hydrogen-bond acceptors (Lipinski definition) is 6. The van der Waals surface area contributed by atoms with E-state index in [4.69, 9.17) is 14.2 Å². The number of carbonyl (C=O) groups excluding carboxylic acids is 3. The van der Waals surface area contributed by atoms with Crippen LogP contribution in [0.25, 0.3) is 0 Å². The van der Waals surface area contributed by atoms with Crippen molar-refractivity contribution in [3.8, 4) is 0 Å². The highest BCUT2D eigenvalue weighted by Gasteiger charge is 2.19. The van der Waals surface area contributed by atoms with E-state index < -0.39 is 6.10 Å². The average Bonchev–Trinajstić information content (AvgIpc) is 3.41. The maximum absolute atomic E-state index is 12.9. The molecule has 0 aliphatic carbocycles. The molecule has 0 radical (unpaired) electrons. The molecular weight excluding hydrogens is 925 g/mol. The van der Waals surface area contributed by atoms with Gasteiger partial charge in [0.05, 0.1) is 0 Å². The van der Waals surface area contributed by atoms with Crippen molar-refractivity contribution in [1.82, 2.24) is 0 Å². The molecule has 0 spiro atoms. The summed E-state index contributed by atoms with van der Waals surface area (Å²) in [4.78, 5) is 38.4. The van der Waals surface area contributed by atoms with Crippen molar-refractivity contribution in [2.24, 2.45) is 0 Å². The molecule has 6 nitrogen and oxygen atoms in total. The van der Waals surface area contributed by atoms with Gasteiger partial charge in [-0.25, -0.2) is 0 Å². The van der Waals surface area contributed by atoms with Crippen LogP contribution in [0.1, 0.15) is 380 Å². The van der Waals surface area contributed by atoms with E-state index in [9.17, 15) is 14.4 Å². The zero-order valence-electron chi connectivity index (χ0n) is 50.8. The number of unbranched alkanes of at least 4 members (excludes halogenated alkanes) is 48. The molecule has 0 aliphatic rings. The van der Waals surface area contributed by atoms with Gasteiger partial charge in [-0.05, 0) is 51.4 Å². The molecule has 0 aliphatic heterocycles. The van der Waals surface area contributed by atoms with E-state index in [0.29, 0.717) is 19.3 Å². The number of ether oxygens (including phenoxy) is 3. The summed E-state index contributed by atoms with van der Waals surface area (Å²) < 4.78 is 17.0. The number of rotatable bonds is 63. The Bertz CT molecular complexity index is 1150. The first-order valence-corrected chi connectivity index (χ1v) is 33.8. The predicted molar refractivity (Wildman–Crippen MR) is 326 cm³/mol. The molecule has 0 N–H and O–H groups in total. The SMILES string of the molecule is CCCCC/C=C\C/C=C\CCCCCCCCCCCC(=O)OC(COC(=O)CCCCCCCCCCCCCCCCCCCCC)COC(=O)CCCCCCCCCCCCCCCCCCCCC. The molecule has 75 heavy (non-hydrogen) atoms. The fraction of sp³-hybridized carbons (Fsp3) is 0.899. The van der Waals surface area contributed by atoms with Gasteiger partial charge in [0.1, 0.15) is 13.2 Å². The van der Waals surface area contributed by atoms with Gasteiger partial charge >= 0.3 is 17.9 Å². The molecule has 0 saturated heterocycles. The minimum Gasteiger partial charge on any atom is -0.462 e. The topological polar surface area (TPSA) is 78.9 Å². The molecule has 0 rings (SSSR count). The third-order valence-corrected chi connectivity index (χ3v) is 15.5. The van der Waals surface area contributed by atoms with Gasteiger partial charge < -0.3 is 14.2 Å². The van der Waals surface area contributed by atoms with Gasteiger partial charge in [-0.3, -0.25) is 14.4 Å². The van der Waals surface area contributed by atoms with Crippen molar-refractivity contribution in [3.05, 3.63) is 24.3 Å². The monoisotopic (exact) mass is 1050 g/mol. The van der Waals surface area contributed by atoms with E-state index in [-0.39, 0.29) is 31.1 Å². The molecule has 0 amide bonds. The molecule has 0 bridgehead atoms. The molecule has 442 valence electrons. The largest absolute Gasteiger partial charge is 0.462 e. The summed E-state index contributed by atoms with van der Waals surface area (Å²) in [5.74, 6) is -0.838. The van der Waals surface area contributed by atoms with E-state index in [1.165, 1.54) is 276 Å². The lowest BCUT2D eigenvalue weighted by molar-refractivity contribution is -0.167. The number of esters is 3. The van der Waals surface area contributed by atoms with Crippen LogP contribution in [0, 0.1) is 0 Å². The highest BCUT2D eigenvalue weighted by atomic mass is 16.6. The quantitative estimate of drug-likeness (QED) is 0.0261. The summed E-state index contributed by atoms with van der Waals surface area (Å²) in [6.45, 7) is 6.70. The molecule has 0 aromatic rings. The zero-order valence-corrected chi connectivity index (χ0v) is 50.8. The van der Waals surface area contributed by atoms with Crippen molar-refractivity contribution in [1.29, 1.82) is 0 Å². The molecule has 0 aromatic heterocycles. The van der Waals surface area contributed by atoms with Crippen LogP contribution in [0.15, 0.2) is 24.3 Å². The van der Waals surface area contributed by atoms with E-state index in [1.54, 1.807) is 0 Å². The van der Waals surface area contributed by atoms with Crippen molar-refractivity contribution in [3.63, 3.8) is 0 Å². The summed E-state index contributed by atoms with van der Waals surface area (Å²) in [7, 11) is 0. The Balaban J connectivity index is 4.31. The Kier molecular flexibility index (Phi) is 62.6. The number of hydrogen-bond donors (Lipinski definition) is 0. The first-order valence-electron chi connectivity index (χ1n) is 33.8. The Morgan fingerprint density at radius 3 is 0.760 bits per heavy atom. The fourth-order valence-electron chi connectivity index (χ4n) is 10.4. The normalized spacial score (nSPS) is 11.7. The first kappa shape index (κ1) is 72.9. The third kappa shape index (κ3) is 62.6. The van der Waals surface area contributed by atoms with Crippen molar-refractivity contribution in [2.75, 3.05) is 13.2 Å². The smallest absolute Gasteiger partial charge is 0.306 e. The minimum atomic E-state index is -0.770. The van der Waals surface area contributed by atoms with Gasteiger partial charge in [0.25, 0.3) is 0 Å². The summed E-state index contributed by atoms with van der Waals surface area (Å²) in [5, 5.41) is 0. The Hall–Kier alpha value is -2.11. The Labute approximate surface area is 468 Å². The van der Waals surface area contributed by atoms with Gasteiger partial charge in [-0.15, -0.1) is 0 Å². The van der Waals surface area contributed by atoms with Crippen LogP contribution in [0.2, 0.25) is 0 Å². The van der Waals surface area contributed by atoms with Crippen LogP contribution in [0.5, 0.6) is 0 Å². The van der Waals surface area contributed by atoms with Crippen LogP contribution < -0.4 is 0 Å². The molecule has 0 aromatic carbocycles. The first-order chi connectivity index (χ1) is 37.0. The standard InChI is InChI=1S/C69H130O6/c1-4-7-10-13-16-19-22-25-28-31-34-37-40-43-46-49-52-55-58-61-67(70)73-64-66(75-69(72)63-60-57-54-51-48-45-42-39-36-33-30-27-24-21-18-15-12-9-6-3)65-74-68(71)62-59-56-53-50-47-44-41-38-35-32-29-26-23-20-17-14-11-8-5-2/h18,21,27,30,66H,4-17,19-20,22-26,28-29,31-65H2,1-3H3/b21-18-,30-27-. The van der Waals surface area contributed by atoms with E-state index in [1.807, 2.05) is 0 Å². The molecule has 0 atom stereocenters. The van der Waals surface area contributed by atoms with Crippen molar-refractivity contribution in [2.45, 2.75) is 386 Å². The summed E-state index contributed by atoms with van der Waals surface area (Å²) in [5.41, 5.74) is 0. The van der Waals surface area contributed by atoms with Gasteiger partial charge in [0, 0.05) is 19.3 Å². The third-order valence-electron chi connectivity index (χ3n) is 15.5. The van der Waals surface area contributed by atoms with Gasteiger partial charge in [-0.1, -0.05) is 334 Å². The highest BCUT2D eigenvalue weighted by Crippen LogP contribution is 2.18. The molecule has 0 fully saturated rings. The number of carbonyl (C=O) groups is 3. The lowest BCUT2D eigenvalue weighted by Gasteiger charge is -2.18. The maximum Gasteiger partial charge on any atom is 0.306 e. The summed E-state index contributed by atoms with van der Waals surface area (Å²) in [6.07, 6.45) is 77.6. The minimum absolute atomic E-state index is 0.0664. The molecule has 6 heteroatoms. The lowest BCUT2D eigenvalue weighted by Crippen LogP contribution is -2.30. The van der Waals surface area contributed by atoms with Crippen molar-refractivity contribution < 1.29 is 28.6 Å². The van der Waals surface area contributed by atoms with E-state index in [2.05, 4.69) is 45.1 Å². The van der Waals surface area contributed by atoms with Crippen LogP contribution in [0.4, 0.5) is 0 Å². The van der Waals surface area contributed by atoms with Gasteiger partial charge in [0.15, 0.2) is 6.10 Å². The predicted octanol–water partition coefficient (Wildman–Crippen LogP) is 23.0. The fourth-order valence-corrected chi connectivity index (χ4v) is 10.4. The second-order valence-corrected chi connectivity index (χ2v) is 23.1. The van der Waals surface area contributed by atoms with Crippen LogP contribution >= 0.6 is 0 Å². The van der Waals surface area contributed by atoms with Crippen LogP contribution in [-0.2, 0) is 28.6 Å². The van der Waals surface area contributed by atoms with E-state index in [0.717, 1.165) is 64.2 Å². The second kappa shape index (κ2) is 64.4. The molecule has 0 saturated carbocycles. The van der Waals surface area contributed by atoms with Crippen molar-refractivity contribution >= 4 is 17.9 Å². The zero-order chi connectivity index (χ0) is 54.3. The summed E-state index contributed by atoms with van der Waals surface area (Å²) >= 11 is 0. The maximum atomic E-state index is 12.9. The van der Waals surface area contributed by atoms with Gasteiger partial charge in [-0.2, -0.15) is 0 Å². The van der Waals surface area contributed by atoms with Crippen LogP contribution in [-0.4, -0.2) is 37.2 Å². The lowest BCUT2D eigenvalue weighted by atomic mass is 10.0. The highest BCUT2D eigenvalue weighted by molar-refractivity contribution is 5.71. The molecule has 0 heterocycles. The van der Waals surface area contributed by atoms with E-state index >= 15 is 0 Å². The Morgan fingerprint density at radius 1 is 0.267 bits per heavy atom.